The van der Waals surface area contributed by atoms with E-state index in [0.717, 1.165) is 0 Å². The molecule has 0 bridgehead atoms. The van der Waals surface area contributed by atoms with Gasteiger partial charge >= 0.3 is 0 Å². The highest BCUT2D eigenvalue weighted by Crippen LogP contribution is 2.25. The minimum absolute atomic E-state index is 0.117. The fourth-order valence-electron chi connectivity index (χ4n) is 2.45. The molecule has 1 aromatic carbocycles. The predicted octanol–water partition coefficient (Wildman–Crippen LogP) is 1.09. The van der Waals surface area contributed by atoms with Crippen molar-refractivity contribution < 1.29 is 19.7 Å². The van der Waals surface area contributed by atoms with Gasteiger partial charge in [0.25, 0.3) is 0 Å². The lowest BCUT2D eigenvalue weighted by Gasteiger charge is -2.38. The van der Waals surface area contributed by atoms with Crippen LogP contribution in [-0.4, -0.2) is 40.5 Å². The molecule has 0 aromatic heterocycles. The van der Waals surface area contributed by atoms with E-state index in [2.05, 4.69) is 5.32 Å². The summed E-state index contributed by atoms with van der Waals surface area (Å²) in [7, 11) is 0. The molecule has 5 heteroatoms. The minimum Gasteiger partial charge on any atom is -0.488 e. The van der Waals surface area contributed by atoms with Gasteiger partial charge in [-0.05, 0) is 25.0 Å². The Bertz CT molecular complexity index is 463. The topological polar surface area (TPSA) is 78.8 Å². The molecule has 4 atom stereocenters. The summed E-state index contributed by atoms with van der Waals surface area (Å²) in [5, 5.41) is 23.1. The van der Waals surface area contributed by atoms with E-state index in [1.54, 1.807) is 13.8 Å². The van der Waals surface area contributed by atoms with Gasteiger partial charge in [0.2, 0.25) is 5.91 Å². The molecule has 0 saturated heterocycles. The Kier molecular flexibility index (Phi) is 5.20. The smallest absolute Gasteiger partial charge is 0.222 e. The molecule has 0 heterocycles. The SMILES string of the molecule is CC(C)C(=O)N[C@@H]1CC[C@@H](Oc2ccccc2)[C@@H](O)[C@@H]1O. The number of carbonyl (C=O) groups is 1. The van der Waals surface area contributed by atoms with Gasteiger partial charge in [-0.15, -0.1) is 0 Å². The number of rotatable bonds is 4. The van der Waals surface area contributed by atoms with Crippen molar-refractivity contribution in [1.82, 2.24) is 5.32 Å². The summed E-state index contributed by atoms with van der Waals surface area (Å²) in [6.45, 7) is 3.59. The summed E-state index contributed by atoms with van der Waals surface area (Å²) in [5.41, 5.74) is 0. The van der Waals surface area contributed by atoms with Gasteiger partial charge in [0.1, 0.15) is 24.1 Å². The van der Waals surface area contributed by atoms with Crippen molar-refractivity contribution in [3.8, 4) is 5.75 Å². The zero-order valence-corrected chi connectivity index (χ0v) is 12.4. The van der Waals surface area contributed by atoms with Crippen LogP contribution in [0, 0.1) is 5.92 Å². The number of carbonyl (C=O) groups excluding carboxylic acids is 1. The summed E-state index contributed by atoms with van der Waals surface area (Å²) in [4.78, 5) is 11.7. The number of nitrogens with one attached hydrogen (secondary N) is 1. The third-order valence-corrected chi connectivity index (χ3v) is 3.79. The highest BCUT2D eigenvalue weighted by atomic mass is 16.5. The van der Waals surface area contributed by atoms with Crippen molar-refractivity contribution in [3.05, 3.63) is 30.3 Å². The van der Waals surface area contributed by atoms with Crippen LogP contribution in [0.1, 0.15) is 26.7 Å². The maximum absolute atomic E-state index is 11.7. The average molecular weight is 293 g/mol. The molecule has 1 fully saturated rings. The molecule has 1 aliphatic rings. The molecule has 1 amide bonds. The van der Waals surface area contributed by atoms with E-state index in [4.69, 9.17) is 4.74 Å². The van der Waals surface area contributed by atoms with Crippen LogP contribution in [0.5, 0.6) is 5.75 Å². The normalized spacial score (nSPS) is 29.2. The van der Waals surface area contributed by atoms with E-state index >= 15 is 0 Å². The number of benzene rings is 1. The predicted molar refractivity (Wildman–Crippen MR) is 78.9 cm³/mol. The van der Waals surface area contributed by atoms with E-state index in [-0.39, 0.29) is 11.8 Å². The molecule has 1 aromatic rings. The van der Waals surface area contributed by atoms with Gasteiger partial charge in [-0.3, -0.25) is 4.79 Å². The molecule has 21 heavy (non-hydrogen) atoms. The molecule has 0 radical (unpaired) electrons. The molecule has 116 valence electrons. The number of ether oxygens (including phenoxy) is 1. The Labute approximate surface area is 124 Å². The highest BCUT2D eigenvalue weighted by Gasteiger charge is 2.39. The molecule has 5 nitrogen and oxygen atoms in total. The number of aliphatic hydroxyl groups excluding tert-OH is 2. The number of hydrogen-bond acceptors (Lipinski definition) is 4. The minimum atomic E-state index is -1.02. The van der Waals surface area contributed by atoms with Crippen molar-refractivity contribution >= 4 is 5.91 Å². The van der Waals surface area contributed by atoms with Gasteiger partial charge in [0, 0.05) is 5.92 Å². The Hall–Kier alpha value is -1.59. The van der Waals surface area contributed by atoms with Gasteiger partial charge in [-0.25, -0.2) is 0 Å². The maximum atomic E-state index is 11.7. The average Bonchev–Trinajstić information content (AvgIpc) is 2.47. The summed E-state index contributed by atoms with van der Waals surface area (Å²) >= 11 is 0. The van der Waals surface area contributed by atoms with Gasteiger partial charge in [-0.1, -0.05) is 32.0 Å². The van der Waals surface area contributed by atoms with Gasteiger partial charge in [0.05, 0.1) is 6.04 Å². The second-order valence-corrected chi connectivity index (χ2v) is 5.80. The molecular formula is C16H23NO4. The van der Waals surface area contributed by atoms with Crippen LogP contribution in [0.4, 0.5) is 0 Å². The van der Waals surface area contributed by atoms with E-state index in [1.807, 2.05) is 30.3 Å². The number of hydrogen-bond donors (Lipinski definition) is 3. The zero-order chi connectivity index (χ0) is 15.4. The van der Waals surface area contributed by atoms with Crippen molar-refractivity contribution in [2.75, 3.05) is 0 Å². The van der Waals surface area contributed by atoms with E-state index in [0.29, 0.717) is 18.6 Å². The first-order valence-corrected chi connectivity index (χ1v) is 7.37. The van der Waals surface area contributed by atoms with E-state index < -0.39 is 24.4 Å². The highest BCUT2D eigenvalue weighted by molar-refractivity contribution is 5.78. The fraction of sp³-hybridized carbons (Fsp3) is 0.562. The van der Waals surface area contributed by atoms with Crippen LogP contribution in [-0.2, 0) is 4.79 Å². The monoisotopic (exact) mass is 293 g/mol. The van der Waals surface area contributed by atoms with Crippen molar-refractivity contribution in [3.63, 3.8) is 0 Å². The number of aliphatic hydroxyl groups is 2. The lowest BCUT2D eigenvalue weighted by atomic mass is 9.87. The summed E-state index contributed by atoms with van der Waals surface area (Å²) in [6, 6.07) is 8.79. The standard InChI is InChI=1S/C16H23NO4/c1-10(2)16(20)17-12-8-9-13(15(19)14(12)18)21-11-6-4-3-5-7-11/h3-7,10,12-15,18-19H,8-9H2,1-2H3,(H,17,20)/t12-,13-,14-,15-/m1/s1. The summed E-state index contributed by atoms with van der Waals surface area (Å²) < 4.78 is 5.72. The first-order valence-electron chi connectivity index (χ1n) is 7.37. The lowest BCUT2D eigenvalue weighted by molar-refractivity contribution is -0.130. The second kappa shape index (κ2) is 6.91. The quantitative estimate of drug-likeness (QED) is 0.776. The largest absolute Gasteiger partial charge is 0.488 e. The van der Waals surface area contributed by atoms with Gasteiger partial charge in [0.15, 0.2) is 0 Å². The Morgan fingerprint density at radius 1 is 1.19 bits per heavy atom. The van der Waals surface area contributed by atoms with Crippen molar-refractivity contribution in [2.45, 2.75) is 51.0 Å². The number of para-hydroxylation sites is 1. The molecular weight excluding hydrogens is 270 g/mol. The Morgan fingerprint density at radius 3 is 2.48 bits per heavy atom. The first kappa shape index (κ1) is 15.8. The second-order valence-electron chi connectivity index (χ2n) is 5.80. The van der Waals surface area contributed by atoms with Crippen LogP contribution >= 0.6 is 0 Å². The maximum Gasteiger partial charge on any atom is 0.222 e. The van der Waals surface area contributed by atoms with Gasteiger partial charge in [-0.2, -0.15) is 0 Å². The fourth-order valence-corrected chi connectivity index (χ4v) is 2.45. The third-order valence-electron chi connectivity index (χ3n) is 3.79. The van der Waals surface area contributed by atoms with E-state index in [1.165, 1.54) is 0 Å². The van der Waals surface area contributed by atoms with Crippen molar-refractivity contribution in [1.29, 1.82) is 0 Å². The summed E-state index contributed by atoms with van der Waals surface area (Å²) in [6.07, 6.45) is -1.34. The molecule has 0 spiro atoms. The van der Waals surface area contributed by atoms with Crippen LogP contribution in [0.15, 0.2) is 30.3 Å². The summed E-state index contributed by atoms with van der Waals surface area (Å²) in [5.74, 6) is 0.403. The molecule has 0 unspecified atom stereocenters. The van der Waals surface area contributed by atoms with Crippen LogP contribution in [0.3, 0.4) is 0 Å². The third kappa shape index (κ3) is 3.95. The molecule has 0 aliphatic heterocycles. The van der Waals surface area contributed by atoms with E-state index in [9.17, 15) is 15.0 Å². The molecule has 1 aliphatic carbocycles. The molecule has 1 saturated carbocycles. The van der Waals surface area contributed by atoms with Crippen LogP contribution < -0.4 is 10.1 Å². The molecule has 2 rings (SSSR count). The first-order chi connectivity index (χ1) is 9.99. The van der Waals surface area contributed by atoms with Gasteiger partial charge < -0.3 is 20.3 Å². The van der Waals surface area contributed by atoms with Crippen molar-refractivity contribution in [2.24, 2.45) is 5.92 Å². The van der Waals surface area contributed by atoms with Crippen LogP contribution in [0.25, 0.3) is 0 Å². The van der Waals surface area contributed by atoms with Crippen LogP contribution in [0.2, 0.25) is 0 Å². The zero-order valence-electron chi connectivity index (χ0n) is 12.4. The molecule has 3 N–H and O–H groups in total. The number of amides is 1. The Morgan fingerprint density at radius 2 is 1.86 bits per heavy atom. The lowest BCUT2D eigenvalue weighted by Crippen LogP contribution is -2.57. The Balaban J connectivity index is 1.94.